The number of benzene rings is 1. The third-order valence-electron chi connectivity index (χ3n) is 8.53. The van der Waals surface area contributed by atoms with Crippen molar-refractivity contribution in [3.05, 3.63) is 58.9 Å². The Morgan fingerprint density at radius 3 is 2.03 bits per heavy atom. The van der Waals surface area contributed by atoms with Gasteiger partial charge in [-0.3, -0.25) is 4.74 Å². The normalized spacial score (nSPS) is 31.8. The summed E-state index contributed by atoms with van der Waals surface area (Å²) in [6.07, 6.45) is 3.90. The summed E-state index contributed by atoms with van der Waals surface area (Å²) in [6, 6.07) is 1.76. The summed E-state index contributed by atoms with van der Waals surface area (Å²) in [6.45, 7) is -1.46. The van der Waals surface area contributed by atoms with E-state index in [-0.39, 0.29) is 18.1 Å². The van der Waals surface area contributed by atoms with Gasteiger partial charge in [0, 0.05) is 0 Å². The number of hydrogen-bond donors (Lipinski definition) is 0. The van der Waals surface area contributed by atoms with E-state index in [4.69, 9.17) is 0 Å². The predicted molar refractivity (Wildman–Crippen MR) is 129 cm³/mol. The maximum Gasteiger partial charge on any atom is 0.432 e. The van der Waals surface area contributed by atoms with Crippen LogP contribution in [0.3, 0.4) is 0 Å². The number of rotatable bonds is 9. The second kappa shape index (κ2) is 12.2. The molecule has 0 saturated heterocycles. The number of hydrogen-bond acceptors (Lipinski definition) is 2. The van der Waals surface area contributed by atoms with Crippen molar-refractivity contribution in [1.82, 2.24) is 0 Å². The van der Waals surface area contributed by atoms with E-state index in [0.29, 0.717) is 36.3 Å². The Bertz CT molecular complexity index is 1020. The van der Waals surface area contributed by atoms with Gasteiger partial charge in [-0.2, -0.15) is 17.6 Å². The molecule has 4 rings (SSSR count). The molecule has 2 unspecified atom stereocenters. The SMILES string of the molecule is CCCC1CCC(C2CCC(c3cc(F)c(C(F)(F)OC4=CC(F)C(F)(OC(F)F)C=C4)c(F)c3)CC2)CC1. The van der Waals surface area contributed by atoms with Crippen LogP contribution >= 0.6 is 0 Å². The highest BCUT2D eigenvalue weighted by Crippen LogP contribution is 2.46. The summed E-state index contributed by atoms with van der Waals surface area (Å²) in [7, 11) is 0. The lowest BCUT2D eigenvalue weighted by Gasteiger charge is -2.38. The van der Waals surface area contributed by atoms with Gasteiger partial charge in [0.15, 0.2) is 6.17 Å². The van der Waals surface area contributed by atoms with Gasteiger partial charge in [0.2, 0.25) is 0 Å². The van der Waals surface area contributed by atoms with Crippen molar-refractivity contribution in [3.63, 3.8) is 0 Å². The van der Waals surface area contributed by atoms with Gasteiger partial charge in [-0.05, 0) is 98.1 Å². The maximum atomic E-state index is 14.9. The van der Waals surface area contributed by atoms with E-state index < -0.39 is 47.7 Å². The molecule has 0 bridgehead atoms. The lowest BCUT2D eigenvalue weighted by Crippen LogP contribution is -2.38. The molecule has 2 saturated carbocycles. The van der Waals surface area contributed by atoms with Gasteiger partial charge < -0.3 is 4.74 Å². The molecule has 1 aromatic carbocycles. The monoisotopic (exact) mass is 566 g/mol. The standard InChI is InChI=1S/C29H34F8O2/c1-2-3-17-4-6-18(7-5-17)19-8-10-20(11-9-19)21-14-23(30)26(24(31)15-21)29(36,37)38-22-12-13-28(35,25(32)16-22)39-27(33)34/h12-20,25,27H,2-11H2,1H3. The summed E-state index contributed by atoms with van der Waals surface area (Å²) in [5, 5.41) is 0. The molecule has 1 aromatic rings. The Morgan fingerprint density at radius 2 is 1.51 bits per heavy atom. The molecule has 0 N–H and O–H groups in total. The van der Waals surface area contributed by atoms with Crippen LogP contribution < -0.4 is 0 Å². The van der Waals surface area contributed by atoms with Gasteiger partial charge in [0.25, 0.3) is 5.85 Å². The zero-order valence-electron chi connectivity index (χ0n) is 21.8. The van der Waals surface area contributed by atoms with Crippen LogP contribution in [0, 0.1) is 29.4 Å². The second-order valence-corrected chi connectivity index (χ2v) is 11.0. The highest BCUT2D eigenvalue weighted by atomic mass is 19.3. The topological polar surface area (TPSA) is 18.5 Å². The van der Waals surface area contributed by atoms with Crippen LogP contribution in [0.1, 0.15) is 88.2 Å². The van der Waals surface area contributed by atoms with E-state index in [9.17, 15) is 35.1 Å². The van der Waals surface area contributed by atoms with Crippen LogP contribution in [0.2, 0.25) is 0 Å². The van der Waals surface area contributed by atoms with Crippen molar-refractivity contribution < 1.29 is 44.6 Å². The Balaban J connectivity index is 1.38. The molecule has 0 aromatic heterocycles. The fourth-order valence-corrected chi connectivity index (χ4v) is 6.50. The largest absolute Gasteiger partial charge is 0.432 e. The Morgan fingerprint density at radius 1 is 0.949 bits per heavy atom. The Hall–Kier alpha value is -2.10. The number of halogens is 8. The van der Waals surface area contributed by atoms with E-state index in [1.165, 1.54) is 38.5 Å². The molecular weight excluding hydrogens is 532 g/mol. The molecule has 2 fully saturated rings. The second-order valence-electron chi connectivity index (χ2n) is 11.0. The minimum atomic E-state index is -4.59. The van der Waals surface area contributed by atoms with Crippen molar-refractivity contribution in [1.29, 1.82) is 0 Å². The highest BCUT2D eigenvalue weighted by Gasteiger charge is 2.46. The first-order valence-corrected chi connectivity index (χ1v) is 13.7. The smallest absolute Gasteiger partial charge is 0.429 e. The molecule has 0 aliphatic heterocycles. The molecule has 3 aliphatic carbocycles. The number of ether oxygens (including phenoxy) is 2. The third kappa shape index (κ3) is 6.98. The lowest BCUT2D eigenvalue weighted by atomic mass is 9.68. The fraction of sp³-hybridized carbons (Fsp3) is 0.655. The first kappa shape index (κ1) is 29.9. The average molecular weight is 567 g/mol. The summed E-state index contributed by atoms with van der Waals surface area (Å²) >= 11 is 0. The minimum absolute atomic E-state index is 0.134. The third-order valence-corrected chi connectivity index (χ3v) is 8.53. The molecule has 0 spiro atoms. The minimum Gasteiger partial charge on any atom is -0.429 e. The van der Waals surface area contributed by atoms with Crippen molar-refractivity contribution in [2.75, 3.05) is 0 Å². The van der Waals surface area contributed by atoms with Crippen LogP contribution in [0.5, 0.6) is 0 Å². The van der Waals surface area contributed by atoms with Gasteiger partial charge in [-0.15, -0.1) is 0 Å². The summed E-state index contributed by atoms with van der Waals surface area (Å²) in [5.74, 6) is -5.74. The van der Waals surface area contributed by atoms with E-state index in [1.54, 1.807) is 0 Å². The molecule has 0 radical (unpaired) electrons. The fourth-order valence-electron chi connectivity index (χ4n) is 6.50. The van der Waals surface area contributed by atoms with Crippen molar-refractivity contribution in [3.8, 4) is 0 Å². The van der Waals surface area contributed by atoms with Crippen LogP contribution in [-0.2, 0) is 15.6 Å². The molecule has 0 amide bonds. The van der Waals surface area contributed by atoms with Crippen LogP contribution in [0.15, 0.2) is 36.1 Å². The van der Waals surface area contributed by atoms with Crippen LogP contribution in [0.25, 0.3) is 0 Å². The van der Waals surface area contributed by atoms with Gasteiger partial charge in [-0.1, -0.05) is 32.6 Å². The molecule has 39 heavy (non-hydrogen) atoms. The summed E-state index contributed by atoms with van der Waals surface area (Å²) in [5.41, 5.74) is -1.38. The van der Waals surface area contributed by atoms with Crippen molar-refractivity contribution in [2.24, 2.45) is 17.8 Å². The predicted octanol–water partition coefficient (Wildman–Crippen LogP) is 9.61. The van der Waals surface area contributed by atoms with E-state index >= 15 is 0 Å². The highest BCUT2D eigenvalue weighted by molar-refractivity contribution is 5.32. The van der Waals surface area contributed by atoms with E-state index in [0.717, 1.165) is 30.9 Å². The first-order valence-electron chi connectivity index (χ1n) is 13.7. The van der Waals surface area contributed by atoms with Crippen LogP contribution in [-0.4, -0.2) is 18.6 Å². The molecule has 2 nitrogen and oxygen atoms in total. The van der Waals surface area contributed by atoms with Crippen molar-refractivity contribution >= 4 is 0 Å². The number of allylic oxidation sites excluding steroid dienone is 1. The van der Waals surface area contributed by atoms with Gasteiger partial charge >= 0.3 is 12.7 Å². The molecule has 3 aliphatic rings. The zero-order chi connectivity index (χ0) is 28.4. The maximum absolute atomic E-state index is 14.9. The average Bonchev–Trinajstić information content (AvgIpc) is 2.86. The van der Waals surface area contributed by atoms with Gasteiger partial charge in [-0.25, -0.2) is 17.6 Å². The number of alkyl halides is 6. The first-order chi connectivity index (χ1) is 18.4. The molecule has 0 heterocycles. The Kier molecular flexibility index (Phi) is 9.33. The Labute approximate surface area is 223 Å². The lowest BCUT2D eigenvalue weighted by molar-refractivity contribution is -0.257. The zero-order valence-corrected chi connectivity index (χ0v) is 21.8. The van der Waals surface area contributed by atoms with E-state index in [1.807, 2.05) is 0 Å². The van der Waals surface area contributed by atoms with Gasteiger partial charge in [0.05, 0.1) is 0 Å². The quantitative estimate of drug-likeness (QED) is 0.277. The van der Waals surface area contributed by atoms with E-state index in [2.05, 4.69) is 16.4 Å². The summed E-state index contributed by atoms with van der Waals surface area (Å²) in [4.78, 5) is 0. The summed E-state index contributed by atoms with van der Waals surface area (Å²) < 4.78 is 120. The van der Waals surface area contributed by atoms with Gasteiger partial charge in [0.1, 0.15) is 23.0 Å². The molecule has 10 heteroatoms. The molecule has 218 valence electrons. The molecular formula is C29H34F8O2. The van der Waals surface area contributed by atoms with Crippen LogP contribution in [0.4, 0.5) is 35.1 Å². The molecule has 2 atom stereocenters. The van der Waals surface area contributed by atoms with Crippen molar-refractivity contribution in [2.45, 2.75) is 102 Å².